The van der Waals surface area contributed by atoms with E-state index in [1.54, 1.807) is 0 Å². The molecule has 0 rings (SSSR count). The Morgan fingerprint density at radius 2 is 1.43 bits per heavy atom. The SMILES string of the molecule is SCSCCSCCSC(S)C(S)S. The molecule has 0 aromatic heterocycles. The molecule has 0 aliphatic rings. The van der Waals surface area contributed by atoms with Gasteiger partial charge < -0.3 is 0 Å². The molecule has 0 aliphatic carbocycles. The van der Waals surface area contributed by atoms with E-state index in [1.807, 2.05) is 35.3 Å². The second-order valence-electron chi connectivity index (χ2n) is 2.32. The maximum absolute atomic E-state index is 4.37. The lowest BCUT2D eigenvalue weighted by Crippen LogP contribution is -2.05. The Bertz CT molecular complexity index is 119. The van der Waals surface area contributed by atoms with Crippen LogP contribution in [0, 0.1) is 0 Å². The molecule has 0 aromatic rings. The number of thioether (sulfide) groups is 3. The quantitative estimate of drug-likeness (QED) is 0.291. The van der Waals surface area contributed by atoms with Crippen LogP contribution in [0.5, 0.6) is 0 Å². The van der Waals surface area contributed by atoms with E-state index in [0.29, 0.717) is 0 Å². The fraction of sp³-hybridized carbons (Fsp3) is 1.00. The van der Waals surface area contributed by atoms with Gasteiger partial charge in [0, 0.05) is 28.1 Å². The predicted octanol–water partition coefficient (Wildman–Crippen LogP) is 3.51. The van der Waals surface area contributed by atoms with Crippen LogP contribution in [0.15, 0.2) is 0 Å². The highest BCUT2D eigenvalue weighted by molar-refractivity contribution is 8.14. The topological polar surface area (TPSA) is 0 Å². The number of rotatable bonds is 9. The van der Waals surface area contributed by atoms with Crippen LogP contribution in [0.3, 0.4) is 0 Å². The van der Waals surface area contributed by atoms with E-state index in [2.05, 4.69) is 50.5 Å². The molecule has 0 amide bonds. The third-order valence-electron chi connectivity index (χ3n) is 1.23. The highest BCUT2D eigenvalue weighted by Crippen LogP contribution is 2.25. The number of hydrogen-bond acceptors (Lipinski definition) is 7. The van der Waals surface area contributed by atoms with Crippen LogP contribution in [0.25, 0.3) is 0 Å². The highest BCUT2D eigenvalue weighted by Gasteiger charge is 2.08. The van der Waals surface area contributed by atoms with E-state index in [9.17, 15) is 0 Å². The molecule has 1 unspecified atom stereocenters. The minimum atomic E-state index is 0.0630. The summed E-state index contributed by atoms with van der Waals surface area (Å²) in [6.45, 7) is 0. The molecule has 0 nitrogen and oxygen atoms in total. The Hall–Kier alpha value is 2.45. The molecule has 1 atom stereocenters. The number of thiol groups is 4. The van der Waals surface area contributed by atoms with Crippen LogP contribution in [0.4, 0.5) is 0 Å². The molecule has 7 heteroatoms. The van der Waals surface area contributed by atoms with Crippen molar-refractivity contribution in [1.29, 1.82) is 0 Å². The van der Waals surface area contributed by atoms with E-state index < -0.39 is 0 Å². The zero-order valence-electron chi connectivity index (χ0n) is 7.70. The second-order valence-corrected chi connectivity index (χ2v) is 9.07. The Labute approximate surface area is 122 Å². The van der Waals surface area contributed by atoms with Crippen molar-refractivity contribution in [2.75, 3.05) is 28.1 Å². The van der Waals surface area contributed by atoms with Crippen molar-refractivity contribution in [3.63, 3.8) is 0 Å². The van der Waals surface area contributed by atoms with Gasteiger partial charge in [-0.05, 0) is 0 Å². The smallest absolute Gasteiger partial charge is 0.0677 e. The molecule has 0 saturated heterocycles. The van der Waals surface area contributed by atoms with Crippen LogP contribution in [0.2, 0.25) is 0 Å². The fourth-order valence-electron chi connectivity index (χ4n) is 0.598. The molecule has 0 radical (unpaired) electrons. The van der Waals surface area contributed by atoms with Gasteiger partial charge >= 0.3 is 0 Å². The fourth-order valence-corrected chi connectivity index (χ4v) is 4.36. The van der Waals surface area contributed by atoms with E-state index in [-0.39, 0.29) is 9.16 Å². The third kappa shape index (κ3) is 11.0. The summed E-state index contributed by atoms with van der Waals surface area (Å²) < 4.78 is 0.294. The van der Waals surface area contributed by atoms with E-state index >= 15 is 0 Å². The highest BCUT2D eigenvalue weighted by atomic mass is 32.2. The molecule has 0 saturated carbocycles. The lowest BCUT2D eigenvalue weighted by Gasteiger charge is -2.12. The lowest BCUT2D eigenvalue weighted by molar-refractivity contribution is 1.37. The van der Waals surface area contributed by atoms with Gasteiger partial charge in [0.2, 0.25) is 0 Å². The van der Waals surface area contributed by atoms with Gasteiger partial charge in [0.1, 0.15) is 0 Å². The van der Waals surface area contributed by atoms with Crippen LogP contribution in [-0.2, 0) is 0 Å². The molecule has 0 heterocycles. The minimum Gasteiger partial charge on any atom is -0.168 e. The maximum atomic E-state index is 4.37. The van der Waals surface area contributed by atoms with Crippen molar-refractivity contribution in [2.45, 2.75) is 9.16 Å². The van der Waals surface area contributed by atoms with Gasteiger partial charge in [0.05, 0.1) is 9.16 Å². The molecule has 0 aliphatic heterocycles. The molecule has 0 aromatic carbocycles. The summed E-state index contributed by atoms with van der Waals surface area (Å²) in [5, 5.41) is 0.926. The summed E-state index contributed by atoms with van der Waals surface area (Å²) in [6.07, 6.45) is 0. The average Bonchev–Trinajstić information content (AvgIpc) is 2.16. The molecule has 0 N–H and O–H groups in total. The maximum Gasteiger partial charge on any atom is 0.0677 e. The van der Waals surface area contributed by atoms with Gasteiger partial charge in [-0.2, -0.15) is 74.0 Å². The Kier molecular flexibility index (Phi) is 14.0. The van der Waals surface area contributed by atoms with Crippen LogP contribution in [-0.4, -0.2) is 37.3 Å². The molecule has 0 spiro atoms. The summed E-state index contributed by atoms with van der Waals surface area (Å²) >= 11 is 22.6. The molecule has 0 fully saturated rings. The van der Waals surface area contributed by atoms with Crippen molar-refractivity contribution in [3.05, 3.63) is 0 Å². The molecule has 86 valence electrons. The molecular formula is C7H16S7. The standard InChI is InChI=1S/C7H16S7/c8-5-13-2-1-12-3-4-14-7(11)6(9)10/h6-11H,1-5H2. The molecule has 0 bridgehead atoms. The Balaban J connectivity index is 3.06. The minimum absolute atomic E-state index is 0.0630. The van der Waals surface area contributed by atoms with Crippen molar-refractivity contribution < 1.29 is 0 Å². The summed E-state index contributed by atoms with van der Waals surface area (Å²) in [7, 11) is 0. The predicted molar refractivity (Wildman–Crippen MR) is 90.6 cm³/mol. The first-order chi connectivity index (χ1) is 6.68. The molecular weight excluding hydrogens is 309 g/mol. The first-order valence-electron chi connectivity index (χ1n) is 4.10. The van der Waals surface area contributed by atoms with Crippen molar-refractivity contribution >= 4 is 85.8 Å². The van der Waals surface area contributed by atoms with Crippen LogP contribution in [0.1, 0.15) is 0 Å². The van der Waals surface area contributed by atoms with Gasteiger partial charge in [-0.3, -0.25) is 0 Å². The van der Waals surface area contributed by atoms with Gasteiger partial charge in [0.15, 0.2) is 0 Å². The summed E-state index contributed by atoms with van der Waals surface area (Å²) in [5.74, 6) is 4.73. The van der Waals surface area contributed by atoms with Gasteiger partial charge in [-0.1, -0.05) is 0 Å². The van der Waals surface area contributed by atoms with Crippen LogP contribution >= 0.6 is 85.8 Å². The van der Waals surface area contributed by atoms with Gasteiger partial charge in [0.25, 0.3) is 0 Å². The van der Waals surface area contributed by atoms with E-state index in [1.165, 1.54) is 17.3 Å². The normalized spacial score (nSPS) is 13.5. The Morgan fingerprint density at radius 1 is 0.857 bits per heavy atom. The van der Waals surface area contributed by atoms with Crippen molar-refractivity contribution in [3.8, 4) is 0 Å². The largest absolute Gasteiger partial charge is 0.168 e. The van der Waals surface area contributed by atoms with Crippen molar-refractivity contribution in [2.24, 2.45) is 0 Å². The summed E-state index contributed by atoms with van der Waals surface area (Å²) in [5.41, 5.74) is 0. The van der Waals surface area contributed by atoms with Gasteiger partial charge in [-0.15, -0.1) is 11.8 Å². The van der Waals surface area contributed by atoms with Gasteiger partial charge in [-0.25, -0.2) is 0 Å². The zero-order valence-corrected chi connectivity index (χ0v) is 13.7. The first-order valence-corrected chi connectivity index (χ1v) is 9.64. The first kappa shape index (κ1) is 16.4. The number of hydrogen-bond donors (Lipinski definition) is 4. The third-order valence-corrected chi connectivity index (χ3v) is 7.23. The Morgan fingerprint density at radius 3 is 2.00 bits per heavy atom. The summed E-state index contributed by atoms with van der Waals surface area (Å²) in [6, 6.07) is 0. The van der Waals surface area contributed by atoms with E-state index in [4.69, 9.17) is 0 Å². The summed E-state index contributed by atoms with van der Waals surface area (Å²) in [4.78, 5) is 0. The van der Waals surface area contributed by atoms with Crippen molar-refractivity contribution in [1.82, 2.24) is 0 Å². The van der Waals surface area contributed by atoms with E-state index in [0.717, 1.165) is 10.8 Å². The molecule has 14 heavy (non-hydrogen) atoms. The lowest BCUT2D eigenvalue weighted by atomic mass is 10.9. The average molecular weight is 325 g/mol. The monoisotopic (exact) mass is 324 g/mol. The second kappa shape index (κ2) is 11.9. The van der Waals surface area contributed by atoms with Crippen LogP contribution < -0.4 is 0 Å². The zero-order chi connectivity index (χ0) is 10.8.